The molecule has 3 atom stereocenters. The Morgan fingerprint density at radius 1 is 1.16 bits per heavy atom. The summed E-state index contributed by atoms with van der Waals surface area (Å²) in [7, 11) is 0. The van der Waals surface area contributed by atoms with Crippen LogP contribution in [0.2, 0.25) is 0 Å². The topological polar surface area (TPSA) is 53.2 Å². The second-order valence-corrected chi connectivity index (χ2v) is 9.13. The molecule has 1 amide bonds. The van der Waals surface area contributed by atoms with Crippen molar-refractivity contribution in [3.8, 4) is 0 Å². The number of rotatable bonds is 4. The number of aromatic amines is 1. The monoisotopic (exact) mass is 422 g/mol. The molecule has 2 heterocycles. The Labute approximate surface area is 178 Å². The molecule has 4 nitrogen and oxygen atoms in total. The number of fused-ring (bicyclic) bond motifs is 6. The maximum absolute atomic E-state index is 14.4. The van der Waals surface area contributed by atoms with Gasteiger partial charge < -0.3 is 9.88 Å². The van der Waals surface area contributed by atoms with Crippen LogP contribution in [0.15, 0.2) is 47.3 Å². The minimum Gasteiger partial charge on any atom is -0.334 e. The third-order valence-corrected chi connectivity index (χ3v) is 6.70. The summed E-state index contributed by atoms with van der Waals surface area (Å²) in [5.41, 5.74) is 2.47. The molecule has 5 rings (SSSR count). The van der Waals surface area contributed by atoms with Gasteiger partial charge in [-0.2, -0.15) is 0 Å². The average Bonchev–Trinajstić information content (AvgIpc) is 3.34. The van der Waals surface area contributed by atoms with Gasteiger partial charge in [-0.1, -0.05) is 38.1 Å². The largest absolute Gasteiger partial charge is 0.334 e. The molecule has 2 aromatic carbocycles. The highest BCUT2D eigenvalue weighted by molar-refractivity contribution is 5.87. The number of hydrogen-bond donors (Lipinski definition) is 1. The van der Waals surface area contributed by atoms with Gasteiger partial charge in [-0.15, -0.1) is 0 Å². The van der Waals surface area contributed by atoms with Gasteiger partial charge in [0.25, 0.3) is 5.56 Å². The summed E-state index contributed by atoms with van der Waals surface area (Å²) in [5.74, 6) is -2.36. The Morgan fingerprint density at radius 3 is 2.65 bits per heavy atom. The van der Waals surface area contributed by atoms with E-state index in [9.17, 15) is 18.4 Å². The molecule has 6 heteroatoms. The van der Waals surface area contributed by atoms with Gasteiger partial charge in [-0.3, -0.25) is 9.59 Å². The number of nitrogens with zero attached hydrogens (tertiary/aromatic N) is 1. The number of benzene rings is 2. The predicted octanol–water partition coefficient (Wildman–Crippen LogP) is 5.01. The number of nitrogens with one attached hydrogen (secondary N) is 1. The van der Waals surface area contributed by atoms with Crippen LogP contribution in [0.3, 0.4) is 0 Å². The lowest BCUT2D eigenvalue weighted by Gasteiger charge is -2.32. The number of H-pyrrole nitrogens is 1. The van der Waals surface area contributed by atoms with Gasteiger partial charge in [-0.25, -0.2) is 8.78 Å². The second kappa shape index (κ2) is 7.29. The zero-order valence-electron chi connectivity index (χ0n) is 17.5. The van der Waals surface area contributed by atoms with E-state index in [4.69, 9.17) is 0 Å². The van der Waals surface area contributed by atoms with Crippen molar-refractivity contribution in [2.75, 3.05) is 6.54 Å². The first-order valence-electron chi connectivity index (χ1n) is 10.8. The van der Waals surface area contributed by atoms with E-state index < -0.39 is 23.1 Å². The molecule has 3 unspecified atom stereocenters. The summed E-state index contributed by atoms with van der Waals surface area (Å²) < 4.78 is 28.2. The van der Waals surface area contributed by atoms with Crippen molar-refractivity contribution in [1.82, 2.24) is 9.88 Å². The van der Waals surface area contributed by atoms with Crippen molar-refractivity contribution in [3.63, 3.8) is 0 Å². The Hall–Kier alpha value is -3.02. The van der Waals surface area contributed by atoms with E-state index in [1.54, 1.807) is 0 Å². The van der Waals surface area contributed by atoms with Crippen LogP contribution in [-0.2, 0) is 4.79 Å². The summed E-state index contributed by atoms with van der Waals surface area (Å²) >= 11 is 0. The van der Waals surface area contributed by atoms with Crippen LogP contribution >= 0.6 is 0 Å². The standard InChI is InChI=1S/C25H24F2N2O2/c1-13(2)9-18(17-11-19-21(28-24(17)30)8-7-20(26)23(19)27)25(31)29-12-14-10-22(29)16-6-4-3-5-15(14)16/h3-8,11,13-14,18,22H,9-10,12H2,1-2H3,(H,28,30). The number of amides is 1. The van der Waals surface area contributed by atoms with E-state index in [1.807, 2.05) is 30.9 Å². The van der Waals surface area contributed by atoms with Crippen LogP contribution in [0.1, 0.15) is 61.3 Å². The zero-order valence-corrected chi connectivity index (χ0v) is 17.5. The average molecular weight is 422 g/mol. The maximum atomic E-state index is 14.4. The molecule has 0 spiro atoms. The third kappa shape index (κ3) is 3.16. The lowest BCUT2D eigenvalue weighted by molar-refractivity contribution is -0.134. The Morgan fingerprint density at radius 2 is 1.90 bits per heavy atom. The highest BCUT2D eigenvalue weighted by Crippen LogP contribution is 2.51. The number of likely N-dealkylation sites (tertiary alicyclic amines) is 1. The van der Waals surface area contributed by atoms with Crippen LogP contribution < -0.4 is 5.56 Å². The number of carbonyl (C=O) groups is 1. The van der Waals surface area contributed by atoms with E-state index in [-0.39, 0.29) is 34.3 Å². The molecule has 0 radical (unpaired) electrons. The number of pyridine rings is 1. The fraction of sp³-hybridized carbons (Fsp3) is 0.360. The van der Waals surface area contributed by atoms with E-state index >= 15 is 0 Å². The lowest BCUT2D eigenvalue weighted by atomic mass is 9.88. The Bertz CT molecular complexity index is 1250. The van der Waals surface area contributed by atoms with Crippen LogP contribution in [0.4, 0.5) is 8.78 Å². The molecule has 31 heavy (non-hydrogen) atoms. The predicted molar refractivity (Wildman–Crippen MR) is 115 cm³/mol. The van der Waals surface area contributed by atoms with Crippen LogP contribution in [0.5, 0.6) is 0 Å². The second-order valence-electron chi connectivity index (χ2n) is 9.13. The van der Waals surface area contributed by atoms with Gasteiger partial charge in [0.2, 0.25) is 5.91 Å². The summed E-state index contributed by atoms with van der Waals surface area (Å²) in [6, 6.07) is 11.9. The third-order valence-electron chi connectivity index (χ3n) is 6.70. The van der Waals surface area contributed by atoms with Gasteiger partial charge in [0.05, 0.1) is 17.5 Å². The molecule has 1 aromatic heterocycles. The first-order valence-corrected chi connectivity index (χ1v) is 10.8. The van der Waals surface area contributed by atoms with E-state index in [0.29, 0.717) is 18.9 Å². The van der Waals surface area contributed by atoms with Crippen molar-refractivity contribution in [2.45, 2.75) is 44.6 Å². The first kappa shape index (κ1) is 19.9. The molecule has 1 N–H and O–H groups in total. The smallest absolute Gasteiger partial charge is 0.252 e. The minimum absolute atomic E-state index is 0.00977. The fourth-order valence-electron chi connectivity index (χ4n) is 5.31. The SMILES string of the molecule is CC(C)CC(C(=O)N1CC2CC1c1ccccc12)c1cc2c(F)c(F)ccc2[nH]c1=O. The van der Waals surface area contributed by atoms with Crippen molar-refractivity contribution >= 4 is 16.8 Å². The first-order chi connectivity index (χ1) is 14.8. The number of halogens is 2. The van der Waals surface area contributed by atoms with Crippen molar-refractivity contribution in [3.05, 3.63) is 81.1 Å². The van der Waals surface area contributed by atoms with Gasteiger partial charge in [0.15, 0.2) is 11.6 Å². The van der Waals surface area contributed by atoms with Crippen LogP contribution in [0.25, 0.3) is 10.9 Å². The molecule has 1 aliphatic heterocycles. The molecule has 2 bridgehead atoms. The number of aromatic nitrogens is 1. The van der Waals surface area contributed by atoms with E-state index in [2.05, 4.69) is 17.1 Å². The van der Waals surface area contributed by atoms with Crippen molar-refractivity contribution in [1.29, 1.82) is 0 Å². The molecule has 1 fully saturated rings. The van der Waals surface area contributed by atoms with Gasteiger partial charge in [-0.05, 0) is 48.1 Å². The normalized spacial score (nSPS) is 20.5. The fourth-order valence-corrected chi connectivity index (χ4v) is 5.31. The van der Waals surface area contributed by atoms with E-state index in [1.165, 1.54) is 23.3 Å². The molecule has 2 aliphatic rings. The summed E-state index contributed by atoms with van der Waals surface area (Å²) in [5, 5.41) is -0.00977. The quantitative estimate of drug-likeness (QED) is 0.643. The molecule has 1 saturated heterocycles. The molecular formula is C25H24F2N2O2. The van der Waals surface area contributed by atoms with Crippen LogP contribution in [-0.4, -0.2) is 22.3 Å². The number of hydrogen-bond acceptors (Lipinski definition) is 2. The Kier molecular flexibility index (Phi) is 4.68. The highest BCUT2D eigenvalue weighted by atomic mass is 19.2. The minimum atomic E-state index is -1.01. The molecule has 3 aromatic rings. The zero-order chi connectivity index (χ0) is 21.9. The van der Waals surface area contributed by atoms with E-state index in [0.717, 1.165) is 12.5 Å². The Balaban J connectivity index is 1.57. The molecular weight excluding hydrogens is 398 g/mol. The lowest BCUT2D eigenvalue weighted by Crippen LogP contribution is -2.39. The molecule has 0 saturated carbocycles. The van der Waals surface area contributed by atoms with Gasteiger partial charge in [0.1, 0.15) is 0 Å². The van der Waals surface area contributed by atoms with Gasteiger partial charge >= 0.3 is 0 Å². The maximum Gasteiger partial charge on any atom is 0.252 e. The van der Waals surface area contributed by atoms with Crippen molar-refractivity contribution < 1.29 is 13.6 Å². The highest BCUT2D eigenvalue weighted by Gasteiger charge is 2.46. The van der Waals surface area contributed by atoms with Crippen LogP contribution in [0, 0.1) is 17.6 Å². The van der Waals surface area contributed by atoms with Crippen molar-refractivity contribution in [2.24, 2.45) is 5.92 Å². The summed E-state index contributed by atoms with van der Waals surface area (Å²) in [4.78, 5) is 31.1. The molecule has 160 valence electrons. The summed E-state index contributed by atoms with van der Waals surface area (Å²) in [6.07, 6.45) is 1.35. The van der Waals surface area contributed by atoms with Gasteiger partial charge in [0, 0.05) is 23.4 Å². The molecule has 1 aliphatic carbocycles. The number of carbonyl (C=O) groups excluding carboxylic acids is 1. The summed E-state index contributed by atoms with van der Waals surface area (Å²) in [6.45, 7) is 4.60.